The number of aliphatic hydroxyl groups excluding tert-OH is 1. The minimum Gasteiger partial charge on any atom is -0.507 e. The van der Waals surface area contributed by atoms with Gasteiger partial charge in [0.25, 0.3) is 11.7 Å². The lowest BCUT2D eigenvalue weighted by Crippen LogP contribution is -2.29. The number of nitrogens with zero attached hydrogens (tertiary/aromatic N) is 1. The van der Waals surface area contributed by atoms with Gasteiger partial charge in [0.2, 0.25) is 0 Å². The molecule has 1 aromatic heterocycles. The number of ether oxygens (including phenoxy) is 1. The van der Waals surface area contributed by atoms with Gasteiger partial charge in [0, 0.05) is 10.6 Å². The molecule has 0 bridgehead atoms. The second kappa shape index (κ2) is 10.4. The molecule has 0 aliphatic carbocycles. The Kier molecular flexibility index (Phi) is 6.84. The fourth-order valence-electron chi connectivity index (χ4n) is 4.44. The number of carbonyl (C=O) groups is 2. The molecule has 1 amide bonds. The molecule has 4 aromatic rings. The monoisotopic (exact) mass is 513 g/mol. The summed E-state index contributed by atoms with van der Waals surface area (Å²) in [6, 6.07) is 24.3. The Morgan fingerprint density at radius 3 is 2.43 bits per heavy atom. The van der Waals surface area contributed by atoms with Gasteiger partial charge in [-0.25, -0.2) is 0 Å². The van der Waals surface area contributed by atoms with E-state index in [1.807, 2.05) is 25.1 Å². The number of furan rings is 1. The zero-order valence-electron chi connectivity index (χ0n) is 20.1. The van der Waals surface area contributed by atoms with Crippen LogP contribution in [0.4, 0.5) is 0 Å². The Morgan fingerprint density at radius 2 is 1.76 bits per heavy atom. The summed E-state index contributed by atoms with van der Waals surface area (Å²) in [5, 5.41) is 11.8. The third kappa shape index (κ3) is 5.15. The highest BCUT2D eigenvalue weighted by atomic mass is 35.5. The Hall–Kier alpha value is -4.29. The molecule has 1 saturated heterocycles. The van der Waals surface area contributed by atoms with Gasteiger partial charge in [0.05, 0.1) is 24.4 Å². The second-order valence-corrected chi connectivity index (χ2v) is 9.30. The maximum Gasteiger partial charge on any atom is 0.296 e. The lowest BCUT2D eigenvalue weighted by Gasteiger charge is -2.24. The van der Waals surface area contributed by atoms with E-state index >= 15 is 0 Å². The van der Waals surface area contributed by atoms with Crippen molar-refractivity contribution in [1.29, 1.82) is 0 Å². The van der Waals surface area contributed by atoms with Crippen molar-refractivity contribution in [3.05, 3.63) is 130 Å². The van der Waals surface area contributed by atoms with Crippen LogP contribution in [0.3, 0.4) is 0 Å². The molecule has 2 heterocycles. The number of likely N-dealkylation sites (tertiary alicyclic amines) is 1. The van der Waals surface area contributed by atoms with E-state index in [9.17, 15) is 14.7 Å². The van der Waals surface area contributed by atoms with Gasteiger partial charge in [-0.05, 0) is 66.6 Å². The van der Waals surface area contributed by atoms with Crippen molar-refractivity contribution < 1.29 is 23.8 Å². The molecule has 0 radical (unpaired) electrons. The standard InChI is InChI=1S/C30H24ClNO5/c1-19-4-2-5-20(16-19)18-37-24-13-9-22(10-14-24)28(33)26-27(21-7-11-23(31)12-8-21)32(30(35)29(26)34)17-25-6-3-15-36-25/h2-16,27,33H,17-18H2,1H3/t27-/m0/s1. The van der Waals surface area contributed by atoms with E-state index in [4.69, 9.17) is 20.8 Å². The van der Waals surface area contributed by atoms with Crippen molar-refractivity contribution in [3.63, 3.8) is 0 Å². The summed E-state index contributed by atoms with van der Waals surface area (Å²) in [5.74, 6) is -0.591. The van der Waals surface area contributed by atoms with E-state index in [-0.39, 0.29) is 17.9 Å². The maximum absolute atomic E-state index is 13.2. The first-order valence-corrected chi connectivity index (χ1v) is 12.1. The summed E-state index contributed by atoms with van der Waals surface area (Å²) in [6.45, 7) is 2.51. The predicted octanol–water partition coefficient (Wildman–Crippen LogP) is 6.44. The number of rotatable bonds is 7. The number of halogens is 1. The van der Waals surface area contributed by atoms with Gasteiger partial charge in [-0.2, -0.15) is 0 Å². The molecule has 5 rings (SSSR count). The number of benzene rings is 3. The Morgan fingerprint density at radius 1 is 1.00 bits per heavy atom. The molecule has 1 aliphatic heterocycles. The van der Waals surface area contributed by atoms with Gasteiger partial charge in [-0.15, -0.1) is 0 Å². The zero-order valence-corrected chi connectivity index (χ0v) is 20.8. The molecule has 7 heteroatoms. The zero-order chi connectivity index (χ0) is 25.9. The highest BCUT2D eigenvalue weighted by molar-refractivity contribution is 6.46. The number of aliphatic hydroxyl groups is 1. The summed E-state index contributed by atoms with van der Waals surface area (Å²) < 4.78 is 11.3. The van der Waals surface area contributed by atoms with E-state index in [2.05, 4.69) is 6.07 Å². The molecular formula is C30H24ClNO5. The number of hydrogen-bond donors (Lipinski definition) is 1. The van der Waals surface area contributed by atoms with Gasteiger partial charge in [-0.1, -0.05) is 53.6 Å². The predicted molar refractivity (Wildman–Crippen MR) is 140 cm³/mol. The Balaban J connectivity index is 1.46. The fourth-order valence-corrected chi connectivity index (χ4v) is 4.56. The van der Waals surface area contributed by atoms with Crippen LogP contribution in [-0.4, -0.2) is 21.7 Å². The van der Waals surface area contributed by atoms with Crippen LogP contribution in [0.2, 0.25) is 5.02 Å². The van der Waals surface area contributed by atoms with E-state index in [0.717, 1.165) is 11.1 Å². The van der Waals surface area contributed by atoms with Crippen molar-refractivity contribution in [1.82, 2.24) is 4.90 Å². The van der Waals surface area contributed by atoms with Gasteiger partial charge in [0.1, 0.15) is 23.9 Å². The molecule has 0 saturated carbocycles. The van der Waals surface area contributed by atoms with Crippen LogP contribution >= 0.6 is 11.6 Å². The van der Waals surface area contributed by atoms with Gasteiger partial charge >= 0.3 is 0 Å². The molecule has 3 aromatic carbocycles. The average Bonchev–Trinajstić information content (AvgIpc) is 3.50. The SMILES string of the molecule is Cc1cccc(COc2ccc(C(O)=C3C(=O)C(=O)N(Cc4ccco4)[C@H]3c3ccc(Cl)cc3)cc2)c1. The molecule has 1 fully saturated rings. The topological polar surface area (TPSA) is 80.0 Å². The molecule has 0 unspecified atom stereocenters. The molecule has 186 valence electrons. The minimum absolute atomic E-state index is 0.00677. The van der Waals surface area contributed by atoms with Crippen LogP contribution in [0, 0.1) is 6.92 Å². The van der Waals surface area contributed by atoms with Crippen LogP contribution in [0.1, 0.15) is 34.1 Å². The van der Waals surface area contributed by atoms with Gasteiger partial charge < -0.3 is 19.2 Å². The quantitative estimate of drug-likeness (QED) is 0.175. The van der Waals surface area contributed by atoms with E-state index < -0.39 is 17.7 Å². The van der Waals surface area contributed by atoms with E-state index in [0.29, 0.717) is 34.3 Å². The van der Waals surface area contributed by atoms with Crippen LogP contribution in [-0.2, 0) is 22.7 Å². The van der Waals surface area contributed by atoms with Crippen molar-refractivity contribution >= 4 is 29.1 Å². The molecular weight excluding hydrogens is 490 g/mol. The average molecular weight is 514 g/mol. The first-order valence-electron chi connectivity index (χ1n) is 11.8. The Bertz CT molecular complexity index is 1460. The first kappa shape index (κ1) is 24.4. The summed E-state index contributed by atoms with van der Waals surface area (Å²) in [7, 11) is 0. The molecule has 6 nitrogen and oxygen atoms in total. The third-order valence-electron chi connectivity index (χ3n) is 6.25. The van der Waals surface area contributed by atoms with Gasteiger partial charge in [0.15, 0.2) is 0 Å². The Labute approximate surface area is 219 Å². The normalized spacial score (nSPS) is 16.8. The van der Waals surface area contributed by atoms with E-state index in [1.165, 1.54) is 11.2 Å². The van der Waals surface area contributed by atoms with Crippen LogP contribution in [0.25, 0.3) is 5.76 Å². The highest BCUT2D eigenvalue weighted by Crippen LogP contribution is 2.40. The largest absolute Gasteiger partial charge is 0.507 e. The van der Waals surface area contributed by atoms with E-state index in [1.54, 1.807) is 60.7 Å². The van der Waals surface area contributed by atoms with Crippen LogP contribution in [0.15, 0.2) is 101 Å². The summed E-state index contributed by atoms with van der Waals surface area (Å²) in [5.41, 5.74) is 3.26. The number of aryl methyl sites for hydroxylation is 1. The third-order valence-corrected chi connectivity index (χ3v) is 6.50. The van der Waals surface area contributed by atoms with Crippen molar-refractivity contribution in [3.8, 4) is 5.75 Å². The number of Topliss-reactive ketones (excluding diaryl/α,β-unsaturated/α-hetero) is 1. The first-order chi connectivity index (χ1) is 17.9. The highest BCUT2D eigenvalue weighted by Gasteiger charge is 2.46. The number of amides is 1. The molecule has 0 spiro atoms. The maximum atomic E-state index is 13.2. The smallest absolute Gasteiger partial charge is 0.296 e. The molecule has 1 atom stereocenters. The molecule has 37 heavy (non-hydrogen) atoms. The number of ketones is 1. The fraction of sp³-hybridized carbons (Fsp3) is 0.133. The van der Waals surface area contributed by atoms with Crippen molar-refractivity contribution in [2.24, 2.45) is 0 Å². The van der Waals surface area contributed by atoms with Gasteiger partial charge in [-0.3, -0.25) is 9.59 Å². The molecule has 1 aliphatic rings. The van der Waals surface area contributed by atoms with Crippen LogP contribution in [0.5, 0.6) is 5.75 Å². The van der Waals surface area contributed by atoms with Crippen molar-refractivity contribution in [2.45, 2.75) is 26.1 Å². The number of hydrogen-bond acceptors (Lipinski definition) is 5. The van der Waals surface area contributed by atoms with Crippen molar-refractivity contribution in [2.75, 3.05) is 0 Å². The lowest BCUT2D eigenvalue weighted by atomic mass is 9.95. The van der Waals surface area contributed by atoms with Crippen LogP contribution < -0.4 is 4.74 Å². The lowest BCUT2D eigenvalue weighted by molar-refractivity contribution is -0.140. The number of carbonyl (C=O) groups excluding carboxylic acids is 2. The second-order valence-electron chi connectivity index (χ2n) is 8.86. The summed E-state index contributed by atoms with van der Waals surface area (Å²) in [6.07, 6.45) is 1.51. The minimum atomic E-state index is -0.806. The summed E-state index contributed by atoms with van der Waals surface area (Å²) in [4.78, 5) is 27.6. The molecule has 1 N–H and O–H groups in total. The summed E-state index contributed by atoms with van der Waals surface area (Å²) >= 11 is 6.07.